The van der Waals surface area contributed by atoms with E-state index >= 15 is 0 Å². The Labute approximate surface area is 138 Å². The van der Waals surface area contributed by atoms with Crippen molar-refractivity contribution in [2.45, 2.75) is 19.3 Å². The number of nitrogens with one attached hydrogen (secondary N) is 1. The molecule has 0 unspecified atom stereocenters. The molecule has 1 heterocycles. The molecule has 1 N–H and O–H groups in total. The number of H-pyrrole nitrogens is 1. The van der Waals surface area contributed by atoms with Crippen molar-refractivity contribution in [3.8, 4) is 0 Å². The molecule has 0 spiro atoms. The number of ether oxygens (including phenoxy) is 2. The van der Waals surface area contributed by atoms with E-state index in [1.165, 1.54) is 14.2 Å². The lowest BCUT2D eigenvalue weighted by Crippen LogP contribution is -2.12. The summed E-state index contributed by atoms with van der Waals surface area (Å²) >= 11 is 0. The van der Waals surface area contributed by atoms with Crippen LogP contribution in [-0.4, -0.2) is 36.9 Å². The van der Waals surface area contributed by atoms with Crippen molar-refractivity contribution in [2.75, 3.05) is 14.2 Å². The van der Waals surface area contributed by atoms with Gasteiger partial charge in [0, 0.05) is 11.3 Å². The highest BCUT2D eigenvalue weighted by Crippen LogP contribution is 2.29. The summed E-state index contributed by atoms with van der Waals surface area (Å²) in [6, 6.07) is 7.37. The number of carbonyl (C=O) groups excluding carboxylic acids is 3. The number of hydrogen-bond donors (Lipinski definition) is 1. The van der Waals surface area contributed by atoms with Crippen LogP contribution in [0.4, 0.5) is 0 Å². The van der Waals surface area contributed by atoms with Gasteiger partial charge in [-0.3, -0.25) is 9.59 Å². The maximum atomic E-state index is 12.9. The number of aromatic amines is 1. The third-order valence-corrected chi connectivity index (χ3v) is 4.25. The number of aromatic nitrogens is 1. The van der Waals surface area contributed by atoms with Crippen LogP contribution in [0, 0.1) is 0 Å². The minimum Gasteiger partial charge on any atom is -0.469 e. The Balaban J connectivity index is 2.15. The topological polar surface area (TPSA) is 85.5 Å². The molecule has 6 heteroatoms. The first kappa shape index (κ1) is 16.0. The van der Waals surface area contributed by atoms with Gasteiger partial charge < -0.3 is 14.5 Å². The molecule has 0 saturated carbocycles. The Bertz CT molecular complexity index is 834. The molecule has 24 heavy (non-hydrogen) atoms. The van der Waals surface area contributed by atoms with Gasteiger partial charge in [-0.25, -0.2) is 4.79 Å². The van der Waals surface area contributed by atoms with Crippen molar-refractivity contribution >= 4 is 17.7 Å². The summed E-state index contributed by atoms with van der Waals surface area (Å²) < 4.78 is 9.51. The standard InChI is InChI=1S/C18H17NO5/c1-23-14(20)9-13-15(18(22)24-2)12-8-7-10-5-3-4-6-11(10)17(21)16(12)19-13/h3-6,19H,7-9H2,1-2H3. The van der Waals surface area contributed by atoms with Gasteiger partial charge in [-0.1, -0.05) is 24.3 Å². The molecule has 1 aliphatic carbocycles. The minimum absolute atomic E-state index is 0.122. The van der Waals surface area contributed by atoms with E-state index in [4.69, 9.17) is 4.74 Å². The van der Waals surface area contributed by atoms with Gasteiger partial charge >= 0.3 is 11.9 Å². The second-order valence-corrected chi connectivity index (χ2v) is 5.56. The Kier molecular flexibility index (Phi) is 4.20. The van der Waals surface area contributed by atoms with Gasteiger partial charge in [0.2, 0.25) is 5.78 Å². The predicted molar refractivity (Wildman–Crippen MR) is 85.1 cm³/mol. The summed E-state index contributed by atoms with van der Waals surface area (Å²) in [5, 5.41) is 0. The number of methoxy groups -OCH3 is 2. The maximum absolute atomic E-state index is 12.9. The van der Waals surface area contributed by atoms with Crippen molar-refractivity contribution < 1.29 is 23.9 Å². The zero-order chi connectivity index (χ0) is 17.3. The highest BCUT2D eigenvalue weighted by atomic mass is 16.5. The first-order chi connectivity index (χ1) is 11.6. The van der Waals surface area contributed by atoms with Crippen LogP contribution >= 0.6 is 0 Å². The number of ketones is 1. The summed E-state index contributed by atoms with van der Waals surface area (Å²) in [5.41, 5.74) is 3.11. The van der Waals surface area contributed by atoms with Gasteiger partial charge in [0.1, 0.15) is 0 Å². The van der Waals surface area contributed by atoms with Crippen LogP contribution < -0.4 is 0 Å². The molecular formula is C18H17NO5. The number of rotatable bonds is 3. The molecule has 124 valence electrons. The Morgan fingerprint density at radius 3 is 2.58 bits per heavy atom. The summed E-state index contributed by atoms with van der Waals surface area (Å²) in [6.07, 6.45) is 1.03. The average molecular weight is 327 g/mol. The third kappa shape index (κ3) is 2.60. The average Bonchev–Trinajstić information content (AvgIpc) is 2.90. The van der Waals surface area contributed by atoms with Crippen LogP contribution in [0.1, 0.15) is 43.2 Å². The van der Waals surface area contributed by atoms with E-state index < -0.39 is 11.9 Å². The van der Waals surface area contributed by atoms with Crippen LogP contribution in [0.15, 0.2) is 24.3 Å². The number of aryl methyl sites for hydroxylation is 1. The minimum atomic E-state index is -0.565. The largest absolute Gasteiger partial charge is 0.469 e. The van der Waals surface area contributed by atoms with Crippen LogP contribution in [0.5, 0.6) is 0 Å². The van der Waals surface area contributed by atoms with Gasteiger partial charge in [0.25, 0.3) is 0 Å². The summed E-state index contributed by atoms with van der Waals surface area (Å²) in [5.74, 6) is -1.24. The van der Waals surface area contributed by atoms with Crippen molar-refractivity contribution in [2.24, 2.45) is 0 Å². The fraction of sp³-hybridized carbons (Fsp3) is 0.278. The molecule has 1 aliphatic rings. The molecule has 0 radical (unpaired) electrons. The van der Waals surface area contributed by atoms with E-state index in [0.717, 1.165) is 5.56 Å². The van der Waals surface area contributed by atoms with Crippen LogP contribution in [0.2, 0.25) is 0 Å². The molecule has 2 aromatic rings. The Hall–Kier alpha value is -2.89. The smallest absolute Gasteiger partial charge is 0.340 e. The van der Waals surface area contributed by atoms with E-state index in [1.807, 2.05) is 12.1 Å². The third-order valence-electron chi connectivity index (χ3n) is 4.25. The molecular weight excluding hydrogens is 310 g/mol. The molecule has 3 rings (SSSR count). The lowest BCUT2D eigenvalue weighted by molar-refractivity contribution is -0.139. The Morgan fingerprint density at radius 1 is 1.12 bits per heavy atom. The highest BCUT2D eigenvalue weighted by molar-refractivity contribution is 6.12. The van der Waals surface area contributed by atoms with Gasteiger partial charge in [-0.2, -0.15) is 0 Å². The number of carbonyl (C=O) groups is 3. The lowest BCUT2D eigenvalue weighted by Gasteiger charge is -2.05. The van der Waals surface area contributed by atoms with Gasteiger partial charge in [0.05, 0.1) is 31.9 Å². The molecule has 0 aliphatic heterocycles. The van der Waals surface area contributed by atoms with Crippen LogP contribution in [0.25, 0.3) is 0 Å². The second kappa shape index (κ2) is 6.31. The zero-order valence-electron chi connectivity index (χ0n) is 13.5. The molecule has 6 nitrogen and oxygen atoms in total. The van der Waals surface area contributed by atoms with E-state index in [0.29, 0.717) is 35.4 Å². The van der Waals surface area contributed by atoms with Crippen molar-refractivity contribution in [3.05, 3.63) is 57.9 Å². The molecule has 0 saturated heterocycles. The van der Waals surface area contributed by atoms with E-state index in [2.05, 4.69) is 9.72 Å². The van der Waals surface area contributed by atoms with E-state index in [1.54, 1.807) is 12.1 Å². The Morgan fingerprint density at radius 2 is 1.88 bits per heavy atom. The SMILES string of the molecule is COC(=O)Cc1[nH]c2c(c1C(=O)OC)CCc1ccccc1C2=O. The maximum Gasteiger partial charge on any atom is 0.340 e. The lowest BCUT2D eigenvalue weighted by atomic mass is 10.0. The van der Waals surface area contributed by atoms with E-state index in [9.17, 15) is 14.4 Å². The predicted octanol–water partition coefficient (Wildman–Crippen LogP) is 1.85. The zero-order valence-corrected chi connectivity index (χ0v) is 13.5. The van der Waals surface area contributed by atoms with Crippen molar-refractivity contribution in [1.29, 1.82) is 0 Å². The van der Waals surface area contributed by atoms with Gasteiger partial charge in [0.15, 0.2) is 0 Å². The number of hydrogen-bond acceptors (Lipinski definition) is 5. The molecule has 0 atom stereocenters. The summed E-state index contributed by atoms with van der Waals surface area (Å²) in [4.78, 5) is 39.7. The molecule has 0 amide bonds. The van der Waals surface area contributed by atoms with Gasteiger partial charge in [-0.15, -0.1) is 0 Å². The number of fused-ring (bicyclic) bond motifs is 2. The van der Waals surface area contributed by atoms with Gasteiger partial charge in [-0.05, 0) is 24.0 Å². The summed E-state index contributed by atoms with van der Waals surface area (Å²) in [6.45, 7) is 0. The van der Waals surface area contributed by atoms with Crippen LogP contribution in [0.3, 0.4) is 0 Å². The van der Waals surface area contributed by atoms with Crippen LogP contribution in [-0.2, 0) is 33.5 Å². The molecule has 1 aromatic heterocycles. The highest BCUT2D eigenvalue weighted by Gasteiger charge is 2.31. The van der Waals surface area contributed by atoms with Crippen molar-refractivity contribution in [3.63, 3.8) is 0 Å². The van der Waals surface area contributed by atoms with E-state index in [-0.39, 0.29) is 17.8 Å². The quantitative estimate of drug-likeness (QED) is 0.870. The molecule has 0 bridgehead atoms. The second-order valence-electron chi connectivity index (χ2n) is 5.56. The summed E-state index contributed by atoms with van der Waals surface area (Å²) in [7, 11) is 2.55. The first-order valence-electron chi connectivity index (χ1n) is 7.58. The number of esters is 2. The fourth-order valence-corrected chi connectivity index (χ4v) is 3.09. The monoisotopic (exact) mass is 327 g/mol. The van der Waals surface area contributed by atoms with Crippen molar-refractivity contribution in [1.82, 2.24) is 4.98 Å². The number of benzene rings is 1. The normalized spacial score (nSPS) is 12.8. The fourth-order valence-electron chi connectivity index (χ4n) is 3.09. The molecule has 1 aromatic carbocycles. The molecule has 0 fully saturated rings. The first-order valence-corrected chi connectivity index (χ1v) is 7.58.